The number of anilines is 2. The molecule has 0 saturated heterocycles. The molecule has 3 rings (SSSR count). The summed E-state index contributed by atoms with van der Waals surface area (Å²) in [5.41, 5.74) is 2.49. The third-order valence-corrected chi connectivity index (χ3v) is 3.26. The van der Waals surface area contributed by atoms with Crippen LogP contribution in [-0.4, -0.2) is 50.8 Å². The second-order valence-electron chi connectivity index (χ2n) is 4.79. The Labute approximate surface area is 122 Å². The van der Waals surface area contributed by atoms with Crippen LogP contribution >= 0.6 is 0 Å². The molecule has 0 aromatic carbocycles. The van der Waals surface area contributed by atoms with E-state index in [1.54, 1.807) is 30.4 Å². The van der Waals surface area contributed by atoms with E-state index in [9.17, 15) is 0 Å². The summed E-state index contributed by atoms with van der Waals surface area (Å²) in [6, 6.07) is 0.462. The summed E-state index contributed by atoms with van der Waals surface area (Å²) in [6.45, 7) is 1.35. The van der Waals surface area contributed by atoms with Gasteiger partial charge < -0.3 is 9.64 Å². The van der Waals surface area contributed by atoms with Gasteiger partial charge in [0.05, 0.1) is 6.61 Å². The smallest absolute Gasteiger partial charge is 0.243 e. The van der Waals surface area contributed by atoms with Crippen molar-refractivity contribution in [1.29, 1.82) is 0 Å². The van der Waals surface area contributed by atoms with E-state index in [1.165, 1.54) is 0 Å². The molecule has 1 aliphatic rings. The van der Waals surface area contributed by atoms with E-state index < -0.39 is 0 Å². The minimum absolute atomic E-state index is 0.326. The van der Waals surface area contributed by atoms with Crippen LogP contribution < -0.4 is 16.2 Å². The van der Waals surface area contributed by atoms with Crippen LogP contribution in [0.25, 0.3) is 5.95 Å². The quantitative estimate of drug-likeness (QED) is 0.540. The van der Waals surface area contributed by atoms with Crippen molar-refractivity contribution in [3.63, 3.8) is 0 Å². The Balaban J connectivity index is 1.94. The van der Waals surface area contributed by atoms with Crippen molar-refractivity contribution >= 4 is 11.9 Å². The topological polar surface area (TPSA) is 107 Å². The fraction of sp³-hybridized carbons (Fsp3) is 0.500. The summed E-state index contributed by atoms with van der Waals surface area (Å²) in [7, 11) is 1.68. The van der Waals surface area contributed by atoms with Gasteiger partial charge in [-0.2, -0.15) is 15.0 Å². The summed E-state index contributed by atoms with van der Waals surface area (Å²) in [6.07, 6.45) is 7.36. The fourth-order valence-corrected chi connectivity index (χ4v) is 2.06. The van der Waals surface area contributed by atoms with E-state index in [1.807, 2.05) is 0 Å². The maximum Gasteiger partial charge on any atom is 0.243 e. The zero-order valence-corrected chi connectivity index (χ0v) is 11.8. The monoisotopic (exact) mass is 290 g/mol. The highest BCUT2D eigenvalue weighted by Crippen LogP contribution is 2.30. The number of methoxy groups -OCH3 is 1. The van der Waals surface area contributed by atoms with Gasteiger partial charge in [-0.1, -0.05) is 0 Å². The van der Waals surface area contributed by atoms with Gasteiger partial charge in [0.2, 0.25) is 17.8 Å². The molecule has 112 valence electrons. The number of rotatable bonds is 7. The first-order chi connectivity index (χ1) is 10.3. The van der Waals surface area contributed by atoms with Crippen LogP contribution in [0.2, 0.25) is 0 Å². The van der Waals surface area contributed by atoms with Gasteiger partial charge in [0.25, 0.3) is 0 Å². The zero-order chi connectivity index (χ0) is 14.7. The SMILES string of the molecule is COCCN(c1nc(NN)nc(-n2ccnc2)n1)C1CC1. The zero-order valence-electron chi connectivity index (χ0n) is 11.8. The minimum Gasteiger partial charge on any atom is -0.383 e. The van der Waals surface area contributed by atoms with Crippen molar-refractivity contribution in [2.45, 2.75) is 18.9 Å². The van der Waals surface area contributed by atoms with E-state index in [0.29, 0.717) is 30.5 Å². The largest absolute Gasteiger partial charge is 0.383 e. The van der Waals surface area contributed by atoms with E-state index in [2.05, 4.69) is 30.3 Å². The highest BCUT2D eigenvalue weighted by atomic mass is 16.5. The number of hydrogen-bond acceptors (Lipinski definition) is 8. The Morgan fingerprint density at radius 3 is 2.90 bits per heavy atom. The van der Waals surface area contributed by atoms with E-state index in [0.717, 1.165) is 19.4 Å². The summed E-state index contributed by atoms with van der Waals surface area (Å²) >= 11 is 0. The lowest BCUT2D eigenvalue weighted by Crippen LogP contribution is -2.32. The number of nitrogens with one attached hydrogen (secondary N) is 1. The summed E-state index contributed by atoms with van der Waals surface area (Å²) in [5, 5.41) is 0. The Bertz CT molecular complexity index is 583. The molecule has 2 aromatic heterocycles. The second kappa shape index (κ2) is 6.02. The van der Waals surface area contributed by atoms with Gasteiger partial charge in [0, 0.05) is 32.1 Å². The number of nitrogens with two attached hydrogens (primary N) is 1. The van der Waals surface area contributed by atoms with Crippen molar-refractivity contribution in [1.82, 2.24) is 24.5 Å². The van der Waals surface area contributed by atoms with Crippen LogP contribution in [0.3, 0.4) is 0 Å². The van der Waals surface area contributed by atoms with Crippen LogP contribution in [-0.2, 0) is 4.74 Å². The average molecular weight is 290 g/mol. The third kappa shape index (κ3) is 3.09. The lowest BCUT2D eigenvalue weighted by Gasteiger charge is -2.22. The highest BCUT2D eigenvalue weighted by Gasteiger charge is 2.31. The molecule has 21 heavy (non-hydrogen) atoms. The normalized spacial score (nSPS) is 14.2. The first-order valence-corrected chi connectivity index (χ1v) is 6.78. The van der Waals surface area contributed by atoms with Crippen LogP contribution in [0.1, 0.15) is 12.8 Å². The summed E-state index contributed by atoms with van der Waals surface area (Å²) < 4.78 is 6.88. The highest BCUT2D eigenvalue weighted by molar-refractivity contribution is 5.41. The van der Waals surface area contributed by atoms with Gasteiger partial charge >= 0.3 is 0 Å². The molecule has 3 N–H and O–H groups in total. The lowest BCUT2D eigenvalue weighted by atomic mass is 10.5. The maximum atomic E-state index is 5.46. The lowest BCUT2D eigenvalue weighted by molar-refractivity contribution is 0.204. The van der Waals surface area contributed by atoms with Gasteiger partial charge in [0.1, 0.15) is 6.33 Å². The number of hydrogen-bond donors (Lipinski definition) is 2. The first-order valence-electron chi connectivity index (χ1n) is 6.78. The minimum atomic E-state index is 0.326. The van der Waals surface area contributed by atoms with Crippen LogP contribution in [0, 0.1) is 0 Å². The molecular weight excluding hydrogens is 272 g/mol. The molecule has 0 spiro atoms. The Kier molecular flexibility index (Phi) is 3.93. The molecule has 0 atom stereocenters. The molecule has 9 heteroatoms. The number of imidazole rings is 1. The number of hydrazine groups is 1. The van der Waals surface area contributed by atoms with Crippen molar-refractivity contribution in [2.24, 2.45) is 5.84 Å². The third-order valence-electron chi connectivity index (χ3n) is 3.26. The number of nitrogen functional groups attached to an aromatic ring is 1. The molecule has 1 saturated carbocycles. The first kappa shape index (κ1) is 13.7. The van der Waals surface area contributed by atoms with Crippen molar-refractivity contribution in [2.75, 3.05) is 30.6 Å². The molecular formula is C12H18N8O. The fourth-order valence-electron chi connectivity index (χ4n) is 2.06. The van der Waals surface area contributed by atoms with E-state index >= 15 is 0 Å². The molecule has 0 aliphatic heterocycles. The Morgan fingerprint density at radius 2 is 2.29 bits per heavy atom. The number of ether oxygens (including phenoxy) is 1. The molecule has 1 fully saturated rings. The molecule has 2 aromatic rings. The molecule has 0 amide bonds. The molecule has 0 radical (unpaired) electrons. The van der Waals surface area contributed by atoms with Crippen molar-refractivity contribution < 1.29 is 4.74 Å². The van der Waals surface area contributed by atoms with E-state index in [-0.39, 0.29) is 0 Å². The van der Waals surface area contributed by atoms with Crippen molar-refractivity contribution in [3.8, 4) is 5.95 Å². The second-order valence-corrected chi connectivity index (χ2v) is 4.79. The molecule has 9 nitrogen and oxygen atoms in total. The van der Waals surface area contributed by atoms with E-state index in [4.69, 9.17) is 10.6 Å². The Morgan fingerprint density at radius 1 is 1.43 bits per heavy atom. The molecule has 0 unspecified atom stereocenters. The molecule has 0 bridgehead atoms. The molecule has 2 heterocycles. The maximum absolute atomic E-state index is 5.46. The summed E-state index contributed by atoms with van der Waals surface area (Å²) in [5.74, 6) is 6.87. The Hall–Kier alpha value is -2.26. The summed E-state index contributed by atoms with van der Waals surface area (Å²) in [4.78, 5) is 19.2. The van der Waals surface area contributed by atoms with Crippen LogP contribution in [0.15, 0.2) is 18.7 Å². The van der Waals surface area contributed by atoms with Crippen molar-refractivity contribution in [3.05, 3.63) is 18.7 Å². The predicted octanol–water partition coefficient (Wildman–Crippen LogP) is -0.0419. The van der Waals surface area contributed by atoms with Gasteiger partial charge in [-0.15, -0.1) is 0 Å². The number of aromatic nitrogens is 5. The van der Waals surface area contributed by atoms with Gasteiger partial charge in [-0.05, 0) is 12.8 Å². The van der Waals surface area contributed by atoms with Crippen LogP contribution in [0.5, 0.6) is 0 Å². The standard InChI is InChI=1S/C12H18N8O/c1-21-7-6-20(9-2-3-9)12-16-10(18-13)15-11(17-12)19-5-4-14-8-19/h4-5,8-9H,2-3,6-7,13H2,1H3,(H,15,16,17,18). The average Bonchev–Trinajstić information content (AvgIpc) is 3.20. The molecule has 1 aliphatic carbocycles. The van der Waals surface area contributed by atoms with Gasteiger partial charge in [-0.3, -0.25) is 9.99 Å². The predicted molar refractivity (Wildman–Crippen MR) is 77.0 cm³/mol. The number of nitrogens with zero attached hydrogens (tertiary/aromatic N) is 6. The van der Waals surface area contributed by atoms with Crippen LogP contribution in [0.4, 0.5) is 11.9 Å². The van der Waals surface area contributed by atoms with Gasteiger partial charge in [0.15, 0.2) is 0 Å². The van der Waals surface area contributed by atoms with Gasteiger partial charge in [-0.25, -0.2) is 10.8 Å².